The molecule has 3 aromatic rings. The van der Waals surface area contributed by atoms with Crippen molar-refractivity contribution in [1.29, 1.82) is 0 Å². The number of fused-ring (bicyclic) bond motifs is 1. The highest BCUT2D eigenvalue weighted by Crippen LogP contribution is 2.24. The quantitative estimate of drug-likeness (QED) is 0.803. The molecule has 0 saturated carbocycles. The first-order chi connectivity index (χ1) is 11.2. The summed E-state index contributed by atoms with van der Waals surface area (Å²) in [6, 6.07) is 17.4. The van der Waals surface area contributed by atoms with Crippen LogP contribution in [0.1, 0.15) is 6.92 Å². The van der Waals surface area contributed by atoms with Gasteiger partial charge in [0.25, 0.3) is 0 Å². The van der Waals surface area contributed by atoms with Gasteiger partial charge in [-0.2, -0.15) is 0 Å². The maximum absolute atomic E-state index is 9.53. The van der Waals surface area contributed by atoms with E-state index in [1.54, 1.807) is 14.0 Å². The van der Waals surface area contributed by atoms with Crippen LogP contribution in [0.2, 0.25) is 0 Å². The first kappa shape index (κ1) is 15.3. The van der Waals surface area contributed by atoms with E-state index in [0.29, 0.717) is 6.54 Å². The molecule has 0 saturated heterocycles. The molecule has 4 nitrogen and oxygen atoms in total. The number of methoxy groups -OCH3 is 1. The zero-order chi connectivity index (χ0) is 16.2. The number of aliphatic hydroxyl groups is 1. The molecule has 118 valence electrons. The summed E-state index contributed by atoms with van der Waals surface area (Å²) in [6.45, 7) is 2.06. The summed E-state index contributed by atoms with van der Waals surface area (Å²) in [5.74, 6) is 1.49. The lowest BCUT2D eigenvalue weighted by Gasteiger charge is -2.07. The van der Waals surface area contributed by atoms with Crippen LogP contribution in [0, 0.1) is 0 Å². The first-order valence-corrected chi connectivity index (χ1v) is 7.53. The lowest BCUT2D eigenvalue weighted by molar-refractivity contribution is 0.203. The summed E-state index contributed by atoms with van der Waals surface area (Å²) < 4.78 is 11.3. The molecule has 1 atom stereocenters. The number of hydrogen-bond acceptors (Lipinski definition) is 4. The number of hydrogen-bond donors (Lipinski definition) is 1. The Balaban J connectivity index is 2.24. The van der Waals surface area contributed by atoms with Crippen molar-refractivity contribution in [2.24, 2.45) is 4.99 Å². The van der Waals surface area contributed by atoms with Crippen molar-refractivity contribution in [2.45, 2.75) is 13.0 Å². The molecule has 4 heteroatoms. The Kier molecular flexibility index (Phi) is 4.44. The summed E-state index contributed by atoms with van der Waals surface area (Å²) in [6.07, 6.45) is -0.493. The molecule has 0 radical (unpaired) electrons. The second-order valence-corrected chi connectivity index (χ2v) is 5.41. The van der Waals surface area contributed by atoms with Crippen molar-refractivity contribution in [1.82, 2.24) is 0 Å². The first-order valence-electron chi connectivity index (χ1n) is 7.53. The highest BCUT2D eigenvalue weighted by molar-refractivity contribution is 5.80. The third-order valence-corrected chi connectivity index (χ3v) is 3.53. The van der Waals surface area contributed by atoms with Crippen molar-refractivity contribution in [2.75, 3.05) is 13.7 Å². The topological polar surface area (TPSA) is 55.0 Å². The van der Waals surface area contributed by atoms with Gasteiger partial charge in [0.15, 0.2) is 0 Å². The highest BCUT2D eigenvalue weighted by atomic mass is 16.5. The molecule has 0 fully saturated rings. The smallest absolute Gasteiger partial charge is 0.137 e. The van der Waals surface area contributed by atoms with E-state index in [2.05, 4.69) is 4.99 Å². The van der Waals surface area contributed by atoms with E-state index in [0.717, 1.165) is 33.4 Å². The molecule has 0 bridgehead atoms. The van der Waals surface area contributed by atoms with E-state index < -0.39 is 6.10 Å². The number of nitrogens with zero attached hydrogens (tertiary/aromatic N) is 1. The molecule has 0 aliphatic carbocycles. The van der Waals surface area contributed by atoms with Crippen LogP contribution in [0.4, 0.5) is 0 Å². The minimum Gasteiger partial charge on any atom is -0.497 e. The van der Waals surface area contributed by atoms with Gasteiger partial charge in [0.2, 0.25) is 0 Å². The number of aliphatic hydroxyl groups excluding tert-OH is 1. The van der Waals surface area contributed by atoms with E-state index in [-0.39, 0.29) is 0 Å². The summed E-state index contributed by atoms with van der Waals surface area (Å²) in [5, 5.41) is 11.2. The molecule has 0 amide bonds. The average molecular weight is 309 g/mol. The van der Waals surface area contributed by atoms with Gasteiger partial charge in [-0.15, -0.1) is 0 Å². The van der Waals surface area contributed by atoms with E-state index in [4.69, 9.17) is 9.15 Å². The fourth-order valence-electron chi connectivity index (χ4n) is 2.38. The minimum absolute atomic E-state index is 0.338. The number of ether oxygens (including phenoxy) is 1. The Hall–Kier alpha value is -2.59. The van der Waals surface area contributed by atoms with Gasteiger partial charge < -0.3 is 14.3 Å². The van der Waals surface area contributed by atoms with Gasteiger partial charge >= 0.3 is 0 Å². The molecular weight excluding hydrogens is 290 g/mol. The molecule has 1 heterocycles. The molecule has 2 aromatic carbocycles. The Morgan fingerprint density at radius 2 is 1.91 bits per heavy atom. The Bertz CT molecular complexity index is 867. The van der Waals surface area contributed by atoms with Crippen LogP contribution in [0.5, 0.6) is 5.75 Å². The van der Waals surface area contributed by atoms with Crippen molar-refractivity contribution in [3.63, 3.8) is 0 Å². The molecule has 0 spiro atoms. The van der Waals surface area contributed by atoms with Crippen LogP contribution in [0.15, 0.2) is 64.0 Å². The van der Waals surface area contributed by atoms with Gasteiger partial charge in [-0.25, -0.2) is 0 Å². The molecular formula is C19H19NO3. The molecule has 0 unspecified atom stereocenters. The van der Waals surface area contributed by atoms with Crippen molar-refractivity contribution >= 4 is 11.0 Å². The van der Waals surface area contributed by atoms with E-state index in [1.807, 2.05) is 54.6 Å². The largest absolute Gasteiger partial charge is 0.497 e. The van der Waals surface area contributed by atoms with Crippen LogP contribution < -0.4 is 10.1 Å². The van der Waals surface area contributed by atoms with Gasteiger partial charge in [0, 0.05) is 17.0 Å². The van der Waals surface area contributed by atoms with E-state index in [1.165, 1.54) is 0 Å². The third-order valence-electron chi connectivity index (χ3n) is 3.53. The molecule has 1 aromatic heterocycles. The third kappa shape index (κ3) is 3.43. The summed E-state index contributed by atoms with van der Waals surface area (Å²) in [5.41, 5.74) is 1.72. The Morgan fingerprint density at radius 3 is 2.61 bits per heavy atom. The normalized spacial score (nSPS) is 13.3. The van der Waals surface area contributed by atoms with Gasteiger partial charge in [-0.1, -0.05) is 30.3 Å². The fourth-order valence-corrected chi connectivity index (χ4v) is 2.38. The van der Waals surface area contributed by atoms with Crippen LogP contribution in [0.25, 0.3) is 22.3 Å². The summed E-state index contributed by atoms with van der Waals surface area (Å²) >= 11 is 0. The maximum Gasteiger partial charge on any atom is 0.137 e. The minimum atomic E-state index is -0.493. The zero-order valence-electron chi connectivity index (χ0n) is 13.2. The number of rotatable bonds is 4. The zero-order valence-corrected chi connectivity index (χ0v) is 13.2. The van der Waals surface area contributed by atoms with Crippen molar-refractivity contribution in [3.05, 3.63) is 60.0 Å². The average Bonchev–Trinajstić information content (AvgIpc) is 2.59. The van der Waals surface area contributed by atoms with Crippen LogP contribution in [-0.4, -0.2) is 24.9 Å². The van der Waals surface area contributed by atoms with Crippen molar-refractivity contribution in [3.8, 4) is 17.1 Å². The predicted octanol–water partition coefficient (Wildman–Crippen LogP) is 3.39. The van der Waals surface area contributed by atoms with E-state index in [9.17, 15) is 5.11 Å². The summed E-state index contributed by atoms with van der Waals surface area (Å²) in [4.78, 5) is 4.53. The van der Waals surface area contributed by atoms with Crippen LogP contribution in [-0.2, 0) is 0 Å². The second-order valence-electron chi connectivity index (χ2n) is 5.41. The number of benzene rings is 2. The summed E-state index contributed by atoms with van der Waals surface area (Å²) in [7, 11) is 1.63. The lowest BCUT2D eigenvalue weighted by atomic mass is 10.1. The monoisotopic (exact) mass is 309 g/mol. The van der Waals surface area contributed by atoms with Gasteiger partial charge in [0.05, 0.1) is 25.1 Å². The van der Waals surface area contributed by atoms with Crippen LogP contribution >= 0.6 is 0 Å². The molecule has 0 aliphatic rings. The molecule has 3 rings (SSSR count). The molecule has 0 aliphatic heterocycles. The standard InChI is InChI=1S/C19H19NO3/c1-13(21)12-20-17-11-19(14-6-4-3-5-7-14)23-18-9-8-15(22-2)10-16(17)18/h3-11,13,21H,12H2,1-2H3/t13-/m1/s1. The van der Waals surface area contributed by atoms with E-state index >= 15 is 0 Å². The molecule has 1 N–H and O–H groups in total. The van der Waals surface area contributed by atoms with Gasteiger partial charge in [-0.05, 0) is 25.1 Å². The SMILES string of the molecule is COc1ccc2oc(-c3ccccc3)cc(=NC[C@@H](C)O)c2c1. The van der Waals surface area contributed by atoms with Gasteiger partial charge in [-0.3, -0.25) is 4.99 Å². The molecule has 23 heavy (non-hydrogen) atoms. The highest BCUT2D eigenvalue weighted by Gasteiger charge is 2.07. The maximum atomic E-state index is 9.53. The lowest BCUT2D eigenvalue weighted by Crippen LogP contribution is -2.11. The van der Waals surface area contributed by atoms with Gasteiger partial charge in [0.1, 0.15) is 17.1 Å². The fraction of sp³-hybridized carbons (Fsp3) is 0.211. The Morgan fingerprint density at radius 1 is 1.13 bits per heavy atom. The second kappa shape index (κ2) is 6.67. The van der Waals surface area contributed by atoms with Crippen molar-refractivity contribution < 1.29 is 14.3 Å². The predicted molar refractivity (Wildman–Crippen MR) is 90.3 cm³/mol. The Labute approximate surface area is 134 Å². The van der Waals surface area contributed by atoms with Crippen LogP contribution in [0.3, 0.4) is 0 Å².